The van der Waals surface area contributed by atoms with Gasteiger partial charge in [0, 0.05) is 31.9 Å². The van der Waals surface area contributed by atoms with Gasteiger partial charge in [0.05, 0.1) is 12.5 Å². The maximum Gasteiger partial charge on any atom is 0.309 e. The quantitative estimate of drug-likeness (QED) is 0.283. The van der Waals surface area contributed by atoms with Gasteiger partial charge in [-0.1, -0.05) is 18.2 Å². The number of benzene rings is 1. The highest BCUT2D eigenvalue weighted by molar-refractivity contribution is 14.0. The normalized spacial score (nSPS) is 16.8. The fourth-order valence-electron chi connectivity index (χ4n) is 3.84. The Kier molecular flexibility index (Phi) is 9.19. The largest absolute Gasteiger partial charge is 0.466 e. The highest BCUT2D eigenvalue weighted by atomic mass is 127. The first-order chi connectivity index (χ1) is 13.6. The number of nitrogens with one attached hydrogen (secondary N) is 1. The summed E-state index contributed by atoms with van der Waals surface area (Å²) in [5.41, 5.74) is 2.22. The molecule has 1 saturated heterocycles. The minimum absolute atomic E-state index is 0. The summed E-state index contributed by atoms with van der Waals surface area (Å²) in [5, 5.41) is 3.28. The molecule has 29 heavy (non-hydrogen) atoms. The van der Waals surface area contributed by atoms with Gasteiger partial charge in [-0.15, -0.1) is 24.0 Å². The van der Waals surface area contributed by atoms with E-state index < -0.39 is 0 Å². The fraction of sp³-hybridized carbons (Fsp3) is 0.571. The smallest absolute Gasteiger partial charge is 0.309 e. The van der Waals surface area contributed by atoms with Crippen LogP contribution in [0.15, 0.2) is 29.3 Å². The standard InChI is InChI=1S/C21H30N4O3.HI/c1-3-22-21(24-12-9-17(10-13-24)20(27)28-4-2)23-15-19(26)25-14-11-16-7-5-6-8-18(16)25;/h5-8,17H,3-4,9-15H2,1-2H3,(H,22,23);1H. The molecule has 1 N–H and O–H groups in total. The van der Waals surface area contributed by atoms with E-state index in [9.17, 15) is 9.59 Å². The summed E-state index contributed by atoms with van der Waals surface area (Å²) in [6, 6.07) is 8.04. The van der Waals surface area contributed by atoms with Crippen molar-refractivity contribution in [1.82, 2.24) is 10.2 Å². The molecule has 3 rings (SSSR count). The maximum absolute atomic E-state index is 12.7. The lowest BCUT2D eigenvalue weighted by Gasteiger charge is -2.33. The van der Waals surface area contributed by atoms with Crippen molar-refractivity contribution in [3.63, 3.8) is 0 Å². The Morgan fingerprint density at radius 1 is 1.17 bits per heavy atom. The molecule has 1 fully saturated rings. The summed E-state index contributed by atoms with van der Waals surface area (Å²) in [6.07, 6.45) is 2.39. The van der Waals surface area contributed by atoms with Crippen LogP contribution in [0.4, 0.5) is 5.69 Å². The first-order valence-corrected chi connectivity index (χ1v) is 10.2. The van der Waals surface area contributed by atoms with E-state index in [1.807, 2.05) is 36.9 Å². The van der Waals surface area contributed by atoms with Gasteiger partial charge in [0.25, 0.3) is 0 Å². The van der Waals surface area contributed by atoms with Gasteiger partial charge in [0.2, 0.25) is 5.91 Å². The second kappa shape index (κ2) is 11.4. The van der Waals surface area contributed by atoms with E-state index in [2.05, 4.69) is 21.3 Å². The summed E-state index contributed by atoms with van der Waals surface area (Å²) in [5.74, 6) is 0.612. The summed E-state index contributed by atoms with van der Waals surface area (Å²) in [4.78, 5) is 33.2. The Hall–Kier alpha value is -1.84. The van der Waals surface area contributed by atoms with E-state index in [0.717, 1.165) is 57.1 Å². The number of guanidine groups is 1. The molecule has 0 bridgehead atoms. The van der Waals surface area contributed by atoms with Crippen molar-refractivity contribution in [2.45, 2.75) is 33.1 Å². The number of likely N-dealkylation sites (tertiary alicyclic amines) is 1. The number of halogens is 1. The van der Waals surface area contributed by atoms with Crippen molar-refractivity contribution in [3.05, 3.63) is 29.8 Å². The highest BCUT2D eigenvalue weighted by Crippen LogP contribution is 2.27. The number of carbonyl (C=O) groups is 2. The zero-order valence-electron chi connectivity index (χ0n) is 17.2. The molecule has 0 spiro atoms. The van der Waals surface area contributed by atoms with Crippen LogP contribution in [0, 0.1) is 5.92 Å². The fourth-order valence-corrected chi connectivity index (χ4v) is 3.84. The van der Waals surface area contributed by atoms with Gasteiger partial charge in [0.1, 0.15) is 6.54 Å². The number of nitrogens with zero attached hydrogens (tertiary/aromatic N) is 3. The number of hydrogen-bond acceptors (Lipinski definition) is 4. The number of piperidine rings is 1. The molecule has 1 amide bonds. The van der Waals surface area contributed by atoms with Gasteiger partial charge in [-0.05, 0) is 44.7 Å². The number of fused-ring (bicyclic) bond motifs is 1. The number of ether oxygens (including phenoxy) is 1. The van der Waals surface area contributed by atoms with Gasteiger partial charge in [-0.3, -0.25) is 9.59 Å². The molecule has 0 saturated carbocycles. The molecule has 1 aromatic rings. The van der Waals surface area contributed by atoms with E-state index in [1.54, 1.807) is 0 Å². The maximum atomic E-state index is 12.7. The zero-order chi connectivity index (χ0) is 19.9. The molecule has 2 aliphatic heterocycles. The Labute approximate surface area is 189 Å². The number of amides is 1. The van der Waals surface area contributed by atoms with E-state index in [0.29, 0.717) is 6.61 Å². The SMILES string of the molecule is CCNC(=NCC(=O)N1CCc2ccccc21)N1CCC(C(=O)OCC)CC1.I. The van der Waals surface area contributed by atoms with E-state index in [4.69, 9.17) is 4.74 Å². The minimum atomic E-state index is -0.105. The minimum Gasteiger partial charge on any atom is -0.466 e. The number of esters is 1. The third kappa shape index (κ3) is 5.83. The Morgan fingerprint density at radius 2 is 1.90 bits per heavy atom. The summed E-state index contributed by atoms with van der Waals surface area (Å²) < 4.78 is 5.14. The van der Waals surface area contributed by atoms with Gasteiger partial charge in [0.15, 0.2) is 5.96 Å². The first kappa shape index (κ1) is 23.4. The van der Waals surface area contributed by atoms with E-state index in [1.165, 1.54) is 5.56 Å². The van der Waals surface area contributed by atoms with Crippen molar-refractivity contribution >= 4 is 47.5 Å². The highest BCUT2D eigenvalue weighted by Gasteiger charge is 2.28. The van der Waals surface area contributed by atoms with Crippen LogP contribution in [0.5, 0.6) is 0 Å². The lowest BCUT2D eigenvalue weighted by molar-refractivity contribution is -0.149. The van der Waals surface area contributed by atoms with Crippen LogP contribution in [0.25, 0.3) is 0 Å². The van der Waals surface area contributed by atoms with Gasteiger partial charge in [-0.2, -0.15) is 0 Å². The number of hydrogen-bond donors (Lipinski definition) is 1. The summed E-state index contributed by atoms with van der Waals surface area (Å²) in [7, 11) is 0. The lowest BCUT2D eigenvalue weighted by Crippen LogP contribution is -2.47. The molecular formula is C21H31IN4O3. The van der Waals surface area contributed by atoms with Crippen LogP contribution in [0.1, 0.15) is 32.3 Å². The monoisotopic (exact) mass is 514 g/mol. The molecule has 2 aliphatic rings. The van der Waals surface area contributed by atoms with Crippen LogP contribution in [-0.2, 0) is 20.7 Å². The second-order valence-corrected chi connectivity index (χ2v) is 7.11. The molecule has 8 heteroatoms. The molecule has 1 aromatic carbocycles. The van der Waals surface area contributed by atoms with Crippen LogP contribution >= 0.6 is 24.0 Å². The third-order valence-corrected chi connectivity index (χ3v) is 5.30. The van der Waals surface area contributed by atoms with Crippen LogP contribution in [-0.4, -0.2) is 62.1 Å². The Bertz CT molecular complexity index is 732. The Balaban J connectivity index is 0.00000300. The molecule has 2 heterocycles. The van der Waals surface area contributed by atoms with Crippen molar-refractivity contribution in [3.8, 4) is 0 Å². The predicted octanol–water partition coefficient (Wildman–Crippen LogP) is 2.43. The number of rotatable bonds is 5. The number of aliphatic imine (C=N–C) groups is 1. The number of anilines is 1. The molecule has 0 radical (unpaired) electrons. The average Bonchev–Trinajstić information content (AvgIpc) is 3.15. The Morgan fingerprint density at radius 3 is 2.59 bits per heavy atom. The summed E-state index contributed by atoms with van der Waals surface area (Å²) >= 11 is 0. The lowest BCUT2D eigenvalue weighted by atomic mass is 9.97. The molecule has 0 aliphatic carbocycles. The molecular weight excluding hydrogens is 483 g/mol. The van der Waals surface area contributed by atoms with Crippen LogP contribution in [0.2, 0.25) is 0 Å². The van der Waals surface area contributed by atoms with Gasteiger partial charge >= 0.3 is 5.97 Å². The average molecular weight is 514 g/mol. The van der Waals surface area contributed by atoms with Crippen molar-refractivity contribution in [1.29, 1.82) is 0 Å². The molecule has 7 nitrogen and oxygen atoms in total. The molecule has 0 unspecified atom stereocenters. The second-order valence-electron chi connectivity index (χ2n) is 7.11. The van der Waals surface area contributed by atoms with Crippen molar-refractivity contribution in [2.24, 2.45) is 10.9 Å². The molecule has 160 valence electrons. The van der Waals surface area contributed by atoms with Crippen LogP contribution < -0.4 is 10.2 Å². The van der Waals surface area contributed by atoms with E-state index >= 15 is 0 Å². The molecule has 0 aromatic heterocycles. The van der Waals surface area contributed by atoms with Gasteiger partial charge in [-0.25, -0.2) is 4.99 Å². The predicted molar refractivity (Wildman–Crippen MR) is 125 cm³/mol. The van der Waals surface area contributed by atoms with Crippen LogP contribution in [0.3, 0.4) is 0 Å². The number of para-hydroxylation sites is 1. The van der Waals surface area contributed by atoms with Gasteiger partial charge < -0.3 is 19.9 Å². The van der Waals surface area contributed by atoms with E-state index in [-0.39, 0.29) is 48.3 Å². The summed E-state index contributed by atoms with van der Waals surface area (Å²) in [6.45, 7) is 7.30. The third-order valence-electron chi connectivity index (χ3n) is 5.30. The topological polar surface area (TPSA) is 74.2 Å². The molecule has 0 atom stereocenters. The van der Waals surface area contributed by atoms with Crippen molar-refractivity contribution in [2.75, 3.05) is 44.2 Å². The van der Waals surface area contributed by atoms with Crippen molar-refractivity contribution < 1.29 is 14.3 Å². The zero-order valence-corrected chi connectivity index (χ0v) is 19.6. The first-order valence-electron chi connectivity index (χ1n) is 10.2. The number of carbonyl (C=O) groups excluding carboxylic acids is 2.